The number of Topliss-reactive ketones (excluding diaryl/α,β-unsaturated/α-hetero) is 1. The lowest BCUT2D eigenvalue weighted by Gasteiger charge is -1.98. The summed E-state index contributed by atoms with van der Waals surface area (Å²) in [6.45, 7) is 3.82. The number of aromatic nitrogens is 2. The predicted molar refractivity (Wildman–Crippen MR) is 44.1 cm³/mol. The fraction of sp³-hybridized carbons (Fsp3) is 0.500. The van der Waals surface area contributed by atoms with Crippen LogP contribution in [0.15, 0.2) is 6.07 Å². The lowest BCUT2D eigenvalue weighted by Crippen LogP contribution is -2.06. The van der Waals surface area contributed by atoms with E-state index in [1.54, 1.807) is 10.7 Å². The Labute approximate surface area is 70.8 Å². The third-order valence-electron chi connectivity index (χ3n) is 1.65. The molecule has 0 aromatic carbocycles. The van der Waals surface area contributed by atoms with E-state index in [9.17, 15) is 4.79 Å². The highest BCUT2D eigenvalue weighted by Crippen LogP contribution is 2.03. The van der Waals surface area contributed by atoms with Gasteiger partial charge in [-0.05, 0) is 13.0 Å². The number of aryl methyl sites for hydroxylation is 1. The largest absolute Gasteiger partial charge is 0.394 e. The molecule has 66 valence electrons. The van der Waals surface area contributed by atoms with Crippen molar-refractivity contribution >= 4 is 5.78 Å². The second kappa shape index (κ2) is 3.49. The van der Waals surface area contributed by atoms with E-state index in [0.29, 0.717) is 12.2 Å². The average Bonchev–Trinajstić information content (AvgIpc) is 2.34. The van der Waals surface area contributed by atoms with E-state index in [1.165, 1.54) is 6.92 Å². The fourth-order valence-corrected chi connectivity index (χ4v) is 1.00. The molecule has 1 aromatic rings. The van der Waals surface area contributed by atoms with Gasteiger partial charge in [-0.3, -0.25) is 9.48 Å². The third-order valence-corrected chi connectivity index (χ3v) is 1.65. The maximum atomic E-state index is 10.9. The zero-order valence-electron chi connectivity index (χ0n) is 7.24. The van der Waals surface area contributed by atoms with E-state index in [0.717, 1.165) is 5.69 Å². The van der Waals surface area contributed by atoms with Gasteiger partial charge in [0.1, 0.15) is 5.69 Å². The van der Waals surface area contributed by atoms with Crippen molar-refractivity contribution < 1.29 is 9.90 Å². The molecule has 12 heavy (non-hydrogen) atoms. The number of aliphatic hydroxyl groups excluding tert-OH is 1. The lowest BCUT2D eigenvalue weighted by molar-refractivity contribution is 0.101. The lowest BCUT2D eigenvalue weighted by atomic mass is 10.3. The number of hydrogen-bond acceptors (Lipinski definition) is 3. The van der Waals surface area contributed by atoms with Gasteiger partial charge >= 0.3 is 0 Å². The number of nitrogens with zero attached hydrogens (tertiary/aromatic N) is 2. The van der Waals surface area contributed by atoms with Gasteiger partial charge in [-0.25, -0.2) is 0 Å². The van der Waals surface area contributed by atoms with Crippen LogP contribution in [-0.4, -0.2) is 27.3 Å². The zero-order chi connectivity index (χ0) is 9.14. The first kappa shape index (κ1) is 8.93. The van der Waals surface area contributed by atoms with Crippen molar-refractivity contribution in [2.45, 2.75) is 20.4 Å². The molecule has 0 atom stereocenters. The molecule has 0 saturated carbocycles. The SMILES string of the molecule is CC(=O)c1cc(C)n(CCO)n1. The molecule has 1 rings (SSSR count). The molecule has 0 spiro atoms. The summed E-state index contributed by atoms with van der Waals surface area (Å²) in [5, 5.41) is 12.7. The van der Waals surface area contributed by atoms with E-state index >= 15 is 0 Å². The van der Waals surface area contributed by atoms with Gasteiger partial charge in [-0.15, -0.1) is 0 Å². The van der Waals surface area contributed by atoms with Crippen LogP contribution >= 0.6 is 0 Å². The van der Waals surface area contributed by atoms with Crippen LogP contribution in [-0.2, 0) is 6.54 Å². The van der Waals surface area contributed by atoms with Gasteiger partial charge in [0.05, 0.1) is 13.2 Å². The molecule has 1 N–H and O–H groups in total. The van der Waals surface area contributed by atoms with Crippen LogP contribution in [0.5, 0.6) is 0 Å². The van der Waals surface area contributed by atoms with Crippen LogP contribution in [0.1, 0.15) is 23.1 Å². The molecule has 0 aliphatic rings. The van der Waals surface area contributed by atoms with Crippen molar-refractivity contribution in [3.63, 3.8) is 0 Å². The summed E-state index contributed by atoms with van der Waals surface area (Å²) in [6.07, 6.45) is 0. The number of hydrogen-bond donors (Lipinski definition) is 1. The van der Waals surface area contributed by atoms with Crippen LogP contribution in [0.3, 0.4) is 0 Å². The molecule has 0 aliphatic carbocycles. The standard InChI is InChI=1S/C8H12N2O2/c1-6-5-8(7(2)12)9-10(6)3-4-11/h5,11H,3-4H2,1-2H3. The van der Waals surface area contributed by atoms with Crippen LogP contribution in [0.25, 0.3) is 0 Å². The second-order valence-corrected chi connectivity index (χ2v) is 2.67. The normalized spacial score (nSPS) is 10.2. The van der Waals surface area contributed by atoms with Gasteiger partial charge in [0, 0.05) is 12.6 Å². The maximum Gasteiger partial charge on any atom is 0.179 e. The maximum absolute atomic E-state index is 10.9. The molecule has 0 amide bonds. The monoisotopic (exact) mass is 168 g/mol. The quantitative estimate of drug-likeness (QED) is 0.664. The summed E-state index contributed by atoms with van der Waals surface area (Å²) in [5.74, 6) is -0.0465. The summed E-state index contributed by atoms with van der Waals surface area (Å²) < 4.78 is 1.62. The van der Waals surface area contributed by atoms with Crippen molar-refractivity contribution in [3.8, 4) is 0 Å². The van der Waals surface area contributed by atoms with Crippen LogP contribution in [0.4, 0.5) is 0 Å². The van der Waals surface area contributed by atoms with Gasteiger partial charge < -0.3 is 5.11 Å². The average molecular weight is 168 g/mol. The van der Waals surface area contributed by atoms with Crippen LogP contribution < -0.4 is 0 Å². The Hall–Kier alpha value is -1.16. The van der Waals surface area contributed by atoms with Gasteiger partial charge in [0.15, 0.2) is 5.78 Å². The highest BCUT2D eigenvalue weighted by atomic mass is 16.3. The summed E-state index contributed by atoms with van der Waals surface area (Å²) in [7, 11) is 0. The van der Waals surface area contributed by atoms with Crippen LogP contribution in [0, 0.1) is 6.92 Å². The van der Waals surface area contributed by atoms with Gasteiger partial charge in [0.2, 0.25) is 0 Å². The molecule has 0 bridgehead atoms. The van der Waals surface area contributed by atoms with Gasteiger partial charge in [-0.2, -0.15) is 5.10 Å². The number of rotatable bonds is 3. The molecule has 4 heteroatoms. The van der Waals surface area contributed by atoms with E-state index in [-0.39, 0.29) is 12.4 Å². The zero-order valence-corrected chi connectivity index (χ0v) is 7.24. The minimum Gasteiger partial charge on any atom is -0.394 e. The molecule has 0 saturated heterocycles. The smallest absolute Gasteiger partial charge is 0.179 e. The highest BCUT2D eigenvalue weighted by molar-refractivity contribution is 5.92. The Morgan fingerprint density at radius 1 is 1.75 bits per heavy atom. The van der Waals surface area contributed by atoms with E-state index < -0.39 is 0 Å². The summed E-state index contributed by atoms with van der Waals surface area (Å²) in [6, 6.07) is 1.72. The summed E-state index contributed by atoms with van der Waals surface area (Å²) >= 11 is 0. The first-order chi connectivity index (χ1) is 5.65. The fourth-order valence-electron chi connectivity index (χ4n) is 1.00. The second-order valence-electron chi connectivity index (χ2n) is 2.67. The van der Waals surface area contributed by atoms with Crippen LogP contribution in [0.2, 0.25) is 0 Å². The van der Waals surface area contributed by atoms with Gasteiger partial charge in [-0.1, -0.05) is 0 Å². The summed E-state index contributed by atoms with van der Waals surface area (Å²) in [5.41, 5.74) is 1.36. The molecule has 4 nitrogen and oxygen atoms in total. The number of carbonyl (C=O) groups is 1. The molecule has 0 radical (unpaired) electrons. The summed E-state index contributed by atoms with van der Waals surface area (Å²) in [4.78, 5) is 10.9. The molecule has 0 fully saturated rings. The van der Waals surface area contributed by atoms with Gasteiger partial charge in [0.25, 0.3) is 0 Å². The Morgan fingerprint density at radius 2 is 2.42 bits per heavy atom. The van der Waals surface area contributed by atoms with Crippen molar-refractivity contribution in [1.29, 1.82) is 0 Å². The topological polar surface area (TPSA) is 55.1 Å². The van der Waals surface area contributed by atoms with Crippen molar-refractivity contribution in [2.24, 2.45) is 0 Å². The first-order valence-corrected chi connectivity index (χ1v) is 3.81. The Morgan fingerprint density at radius 3 is 2.83 bits per heavy atom. The molecular formula is C8H12N2O2. The van der Waals surface area contributed by atoms with E-state index in [1.807, 2.05) is 6.92 Å². The Kier molecular flexibility index (Phi) is 2.60. The number of aliphatic hydroxyl groups is 1. The predicted octanol–water partition coefficient (Wildman–Crippen LogP) is 0.386. The first-order valence-electron chi connectivity index (χ1n) is 3.81. The van der Waals surface area contributed by atoms with Crippen molar-refractivity contribution in [2.75, 3.05) is 6.61 Å². The number of ketones is 1. The highest BCUT2D eigenvalue weighted by Gasteiger charge is 2.06. The Balaban J connectivity index is 2.92. The van der Waals surface area contributed by atoms with Crippen molar-refractivity contribution in [3.05, 3.63) is 17.5 Å². The molecular weight excluding hydrogens is 156 g/mol. The third kappa shape index (κ3) is 1.71. The molecule has 1 heterocycles. The number of carbonyl (C=O) groups excluding carboxylic acids is 1. The van der Waals surface area contributed by atoms with Crippen molar-refractivity contribution in [1.82, 2.24) is 9.78 Å². The van der Waals surface area contributed by atoms with E-state index in [4.69, 9.17) is 5.11 Å². The molecule has 0 aliphatic heterocycles. The molecule has 0 unspecified atom stereocenters. The minimum absolute atomic E-state index is 0.0415. The minimum atomic E-state index is -0.0465. The Bertz CT molecular complexity index is 291. The molecule has 1 aromatic heterocycles. The van der Waals surface area contributed by atoms with E-state index in [2.05, 4.69) is 5.10 Å².